The van der Waals surface area contributed by atoms with Crippen LogP contribution >= 0.6 is 27.7 Å². The van der Waals surface area contributed by atoms with Crippen LogP contribution in [0.15, 0.2) is 28.4 Å². The van der Waals surface area contributed by atoms with Gasteiger partial charge in [-0.25, -0.2) is 0 Å². The summed E-state index contributed by atoms with van der Waals surface area (Å²) < 4.78 is -0.0205. The first kappa shape index (κ1) is 16.6. The number of carbonyl (C=O) groups excluding carboxylic acids is 1. The molecule has 0 aliphatic carbocycles. The molecule has 0 spiro atoms. The van der Waals surface area contributed by atoms with E-state index in [4.69, 9.17) is 0 Å². The van der Waals surface area contributed by atoms with Crippen molar-refractivity contribution in [2.75, 3.05) is 0 Å². The molecule has 114 valence electrons. The van der Waals surface area contributed by atoms with E-state index in [-0.39, 0.29) is 11.5 Å². The smallest absolute Gasteiger partial charge is 0.182 e. The number of aryl methyl sites for hydroxylation is 1. The van der Waals surface area contributed by atoms with E-state index in [0.717, 1.165) is 22.0 Å². The molecule has 21 heavy (non-hydrogen) atoms. The van der Waals surface area contributed by atoms with Crippen molar-refractivity contribution in [2.45, 2.75) is 50.5 Å². The highest BCUT2D eigenvalue weighted by atomic mass is 79.9. The third-order valence-electron chi connectivity index (χ3n) is 3.81. The number of benzene rings is 1. The van der Waals surface area contributed by atoms with E-state index in [2.05, 4.69) is 22.9 Å². The topological polar surface area (TPSA) is 37.3 Å². The SMILES string of the molecule is CCc1cc(Br)ccc1C1=C(O)C(C)(C)SC(C)(C)C1=O. The molecule has 1 N–H and O–H groups in total. The number of Topliss-reactive ketones (excluding diaryl/α,β-unsaturated/α-hetero) is 1. The molecular formula is C17H21BrO2S. The lowest BCUT2D eigenvalue weighted by Gasteiger charge is -2.39. The number of rotatable bonds is 2. The summed E-state index contributed by atoms with van der Waals surface area (Å²) in [4.78, 5) is 12.8. The number of allylic oxidation sites excluding steroid dienone is 1. The Morgan fingerprint density at radius 2 is 1.81 bits per heavy atom. The van der Waals surface area contributed by atoms with Crippen LogP contribution < -0.4 is 0 Å². The van der Waals surface area contributed by atoms with Gasteiger partial charge in [0.25, 0.3) is 0 Å². The summed E-state index contributed by atoms with van der Waals surface area (Å²) in [6, 6.07) is 5.86. The van der Waals surface area contributed by atoms with Crippen molar-refractivity contribution < 1.29 is 9.90 Å². The van der Waals surface area contributed by atoms with Crippen molar-refractivity contribution in [1.29, 1.82) is 0 Å². The maximum absolute atomic E-state index is 12.8. The molecule has 2 rings (SSSR count). The zero-order valence-corrected chi connectivity index (χ0v) is 15.5. The number of hydrogen-bond donors (Lipinski definition) is 1. The van der Waals surface area contributed by atoms with Crippen LogP contribution in [0.3, 0.4) is 0 Å². The first-order valence-electron chi connectivity index (χ1n) is 7.07. The molecule has 0 atom stereocenters. The van der Waals surface area contributed by atoms with Gasteiger partial charge in [0.15, 0.2) is 5.78 Å². The van der Waals surface area contributed by atoms with Crippen molar-refractivity contribution in [3.63, 3.8) is 0 Å². The second kappa shape index (κ2) is 5.47. The van der Waals surface area contributed by atoms with Gasteiger partial charge in [0, 0.05) is 4.47 Å². The Labute approximate surface area is 139 Å². The third-order valence-corrected chi connectivity index (χ3v) is 5.70. The summed E-state index contributed by atoms with van der Waals surface area (Å²) in [6.07, 6.45) is 0.812. The van der Waals surface area contributed by atoms with Crippen LogP contribution in [0.1, 0.15) is 45.7 Å². The average molecular weight is 369 g/mol. The summed E-state index contributed by atoms with van der Waals surface area (Å²) in [5.41, 5.74) is 2.40. The van der Waals surface area contributed by atoms with Gasteiger partial charge in [-0.3, -0.25) is 4.79 Å². The number of carbonyl (C=O) groups is 1. The van der Waals surface area contributed by atoms with Crippen LogP contribution in [0, 0.1) is 0 Å². The van der Waals surface area contributed by atoms with E-state index >= 15 is 0 Å². The second-order valence-corrected chi connectivity index (χ2v) is 9.49. The summed E-state index contributed by atoms with van der Waals surface area (Å²) >= 11 is 4.98. The van der Waals surface area contributed by atoms with Gasteiger partial charge in [0.2, 0.25) is 0 Å². The zero-order valence-electron chi connectivity index (χ0n) is 13.1. The number of aliphatic hydroxyl groups is 1. The second-order valence-electron chi connectivity index (χ2n) is 6.33. The van der Waals surface area contributed by atoms with E-state index in [1.165, 1.54) is 11.8 Å². The zero-order chi connectivity index (χ0) is 16.0. The molecule has 1 aromatic carbocycles. The van der Waals surface area contributed by atoms with Crippen LogP contribution in [-0.4, -0.2) is 20.4 Å². The van der Waals surface area contributed by atoms with Gasteiger partial charge in [-0.15, -0.1) is 11.8 Å². The lowest BCUT2D eigenvalue weighted by atomic mass is 9.86. The largest absolute Gasteiger partial charge is 0.510 e. The molecule has 0 bridgehead atoms. The van der Waals surface area contributed by atoms with Crippen molar-refractivity contribution in [3.05, 3.63) is 39.6 Å². The number of halogens is 1. The van der Waals surface area contributed by atoms with E-state index in [0.29, 0.717) is 5.57 Å². The highest BCUT2D eigenvalue weighted by molar-refractivity contribution is 9.10. The molecule has 0 fully saturated rings. The number of hydrogen-bond acceptors (Lipinski definition) is 3. The lowest BCUT2D eigenvalue weighted by molar-refractivity contribution is -0.115. The van der Waals surface area contributed by atoms with E-state index in [1.807, 2.05) is 45.9 Å². The average Bonchev–Trinajstić information content (AvgIpc) is 2.37. The van der Waals surface area contributed by atoms with Gasteiger partial charge in [0.1, 0.15) is 5.76 Å². The standard InChI is InChI=1S/C17H21BrO2S/c1-6-10-9-11(18)7-8-12(10)13-14(19)16(2,3)21-17(4,5)15(13)20/h7-9,19H,6H2,1-5H3. The van der Waals surface area contributed by atoms with Gasteiger partial charge in [0.05, 0.1) is 15.1 Å². The summed E-state index contributed by atoms with van der Waals surface area (Å²) in [6.45, 7) is 9.84. The molecule has 1 heterocycles. The Morgan fingerprint density at radius 1 is 1.19 bits per heavy atom. The fourth-order valence-corrected chi connectivity index (χ4v) is 4.87. The molecular weight excluding hydrogens is 348 g/mol. The molecule has 0 aromatic heterocycles. The van der Waals surface area contributed by atoms with Crippen LogP contribution in [0.2, 0.25) is 0 Å². The normalized spacial score (nSPS) is 20.8. The molecule has 0 amide bonds. The van der Waals surface area contributed by atoms with Gasteiger partial charge in [-0.05, 0) is 57.4 Å². The summed E-state index contributed by atoms with van der Waals surface area (Å²) in [5.74, 6) is 0.190. The molecule has 1 aliphatic rings. The molecule has 2 nitrogen and oxygen atoms in total. The minimum Gasteiger partial charge on any atom is -0.510 e. The minimum atomic E-state index is -0.539. The number of aliphatic hydroxyl groups excluding tert-OH is 1. The predicted octanol–water partition coefficient (Wildman–Crippen LogP) is 5.15. The van der Waals surface area contributed by atoms with Gasteiger partial charge >= 0.3 is 0 Å². The Balaban J connectivity index is 2.73. The summed E-state index contributed by atoms with van der Waals surface area (Å²) in [5, 5.41) is 10.7. The minimum absolute atomic E-state index is 0.00125. The number of ketones is 1. The molecule has 4 heteroatoms. The third kappa shape index (κ3) is 2.93. The van der Waals surface area contributed by atoms with Crippen LogP contribution in [-0.2, 0) is 11.2 Å². The molecule has 0 saturated heterocycles. The van der Waals surface area contributed by atoms with Crippen LogP contribution in [0.4, 0.5) is 0 Å². The molecule has 1 aromatic rings. The van der Waals surface area contributed by atoms with Gasteiger partial charge in [-0.2, -0.15) is 0 Å². The predicted molar refractivity (Wildman–Crippen MR) is 93.8 cm³/mol. The molecule has 0 saturated carbocycles. The Kier molecular flexibility index (Phi) is 4.33. The highest BCUT2D eigenvalue weighted by Crippen LogP contribution is 2.50. The first-order valence-corrected chi connectivity index (χ1v) is 8.68. The van der Waals surface area contributed by atoms with Crippen molar-refractivity contribution in [1.82, 2.24) is 0 Å². The van der Waals surface area contributed by atoms with Gasteiger partial charge < -0.3 is 5.11 Å². The molecule has 0 radical (unpaired) electrons. The van der Waals surface area contributed by atoms with E-state index in [9.17, 15) is 9.90 Å². The fourth-order valence-electron chi connectivity index (χ4n) is 2.79. The Bertz CT molecular complexity index is 630. The van der Waals surface area contributed by atoms with Crippen molar-refractivity contribution in [3.8, 4) is 0 Å². The number of thioether (sulfide) groups is 1. The molecule has 1 aliphatic heterocycles. The van der Waals surface area contributed by atoms with Crippen molar-refractivity contribution >= 4 is 39.0 Å². The monoisotopic (exact) mass is 368 g/mol. The van der Waals surface area contributed by atoms with Crippen LogP contribution in [0.5, 0.6) is 0 Å². The highest BCUT2D eigenvalue weighted by Gasteiger charge is 2.46. The Morgan fingerprint density at radius 3 is 2.38 bits per heavy atom. The summed E-state index contributed by atoms with van der Waals surface area (Å²) in [7, 11) is 0. The maximum Gasteiger partial charge on any atom is 0.182 e. The first-order chi connectivity index (χ1) is 9.60. The lowest BCUT2D eigenvalue weighted by Crippen LogP contribution is -2.41. The quantitative estimate of drug-likeness (QED) is 0.783. The van der Waals surface area contributed by atoms with Gasteiger partial charge in [-0.1, -0.05) is 28.9 Å². The maximum atomic E-state index is 12.8. The van der Waals surface area contributed by atoms with Crippen LogP contribution in [0.25, 0.3) is 5.57 Å². The Hall–Kier alpha value is -0.740. The molecule has 0 unspecified atom stereocenters. The van der Waals surface area contributed by atoms with E-state index in [1.54, 1.807) is 0 Å². The fraction of sp³-hybridized carbons (Fsp3) is 0.471. The van der Waals surface area contributed by atoms with E-state index < -0.39 is 9.49 Å². The van der Waals surface area contributed by atoms with Crippen molar-refractivity contribution in [2.24, 2.45) is 0 Å².